The molecule has 3 heteroatoms. The van der Waals surface area contributed by atoms with Gasteiger partial charge in [0.25, 0.3) is 0 Å². The molecule has 3 aromatic rings. The minimum absolute atomic E-state index is 0.0494. The van der Waals surface area contributed by atoms with Gasteiger partial charge in [-0.1, -0.05) is 30.3 Å². The maximum atomic E-state index is 11.5. The quantitative estimate of drug-likeness (QED) is 0.749. The first-order chi connectivity index (χ1) is 10.5. The van der Waals surface area contributed by atoms with Gasteiger partial charge in [-0.15, -0.1) is 0 Å². The Morgan fingerprint density at radius 1 is 1.05 bits per heavy atom. The fraction of sp³-hybridized carbons (Fsp3) is 0.158. The third kappa shape index (κ3) is 2.51. The zero-order chi connectivity index (χ0) is 15.7. The fourth-order valence-corrected chi connectivity index (χ4v) is 2.58. The number of pyridine rings is 1. The Labute approximate surface area is 129 Å². The highest BCUT2D eigenvalue weighted by Gasteiger charge is 2.25. The van der Waals surface area contributed by atoms with Crippen molar-refractivity contribution in [2.24, 2.45) is 0 Å². The molecule has 1 aromatic heterocycles. The molecule has 0 aliphatic carbocycles. The van der Waals surface area contributed by atoms with Gasteiger partial charge in [0, 0.05) is 23.5 Å². The second-order valence-corrected chi connectivity index (χ2v) is 5.65. The Morgan fingerprint density at radius 3 is 2.45 bits per heavy atom. The number of hydrogen-bond donors (Lipinski definition) is 1. The maximum absolute atomic E-state index is 11.5. The monoisotopic (exact) mass is 291 g/mol. The highest BCUT2D eigenvalue weighted by atomic mass is 16.3. The Kier molecular flexibility index (Phi) is 3.51. The van der Waals surface area contributed by atoms with Crippen molar-refractivity contribution in [3.8, 4) is 0 Å². The lowest BCUT2D eigenvalue weighted by molar-refractivity contribution is 0.101. The van der Waals surface area contributed by atoms with Crippen LogP contribution in [0, 0.1) is 0 Å². The number of nitrogens with zero attached hydrogens (tertiary/aromatic N) is 1. The number of ketones is 1. The molecule has 1 heterocycles. The standard InChI is InChI=1S/C19H17NO2/c1-13(21)14-5-6-16-11-17(8-7-15(16)10-14)19(2,22)18-4-3-9-20-12-18/h3-12,22H,1-2H3. The van der Waals surface area contributed by atoms with Crippen LogP contribution in [0.4, 0.5) is 0 Å². The summed E-state index contributed by atoms with van der Waals surface area (Å²) in [5, 5.41) is 12.8. The number of hydrogen-bond acceptors (Lipinski definition) is 3. The van der Waals surface area contributed by atoms with E-state index in [1.165, 1.54) is 0 Å². The predicted molar refractivity (Wildman–Crippen MR) is 86.9 cm³/mol. The van der Waals surface area contributed by atoms with Crippen molar-refractivity contribution in [1.82, 2.24) is 4.98 Å². The van der Waals surface area contributed by atoms with Gasteiger partial charge in [0.05, 0.1) is 0 Å². The number of carbonyl (C=O) groups is 1. The Morgan fingerprint density at radius 2 is 1.77 bits per heavy atom. The summed E-state index contributed by atoms with van der Waals surface area (Å²) in [5.74, 6) is 0.0494. The van der Waals surface area contributed by atoms with E-state index in [9.17, 15) is 9.90 Å². The SMILES string of the molecule is CC(=O)c1ccc2cc(C(C)(O)c3cccnc3)ccc2c1. The van der Waals surface area contributed by atoms with Crippen molar-refractivity contribution in [2.45, 2.75) is 19.4 Å². The third-order valence-corrected chi connectivity index (χ3v) is 4.03. The molecule has 22 heavy (non-hydrogen) atoms. The zero-order valence-corrected chi connectivity index (χ0v) is 12.6. The molecule has 1 atom stereocenters. The van der Waals surface area contributed by atoms with Crippen LogP contribution < -0.4 is 0 Å². The van der Waals surface area contributed by atoms with Crippen molar-refractivity contribution >= 4 is 16.6 Å². The van der Waals surface area contributed by atoms with Crippen LogP contribution in [0.2, 0.25) is 0 Å². The van der Waals surface area contributed by atoms with E-state index >= 15 is 0 Å². The molecule has 110 valence electrons. The van der Waals surface area contributed by atoms with Gasteiger partial charge < -0.3 is 5.11 Å². The minimum atomic E-state index is -1.11. The van der Waals surface area contributed by atoms with E-state index in [1.54, 1.807) is 26.2 Å². The van der Waals surface area contributed by atoms with Gasteiger partial charge in [-0.2, -0.15) is 0 Å². The molecule has 0 saturated carbocycles. The normalized spacial score (nSPS) is 13.8. The second-order valence-electron chi connectivity index (χ2n) is 5.65. The van der Waals surface area contributed by atoms with E-state index in [4.69, 9.17) is 0 Å². The van der Waals surface area contributed by atoms with Gasteiger partial charge in [0.2, 0.25) is 0 Å². The van der Waals surface area contributed by atoms with Crippen LogP contribution in [0.15, 0.2) is 60.9 Å². The van der Waals surface area contributed by atoms with Gasteiger partial charge in [0.1, 0.15) is 5.60 Å². The van der Waals surface area contributed by atoms with Crippen molar-refractivity contribution < 1.29 is 9.90 Å². The van der Waals surface area contributed by atoms with Gasteiger partial charge in [-0.3, -0.25) is 9.78 Å². The summed E-state index contributed by atoms with van der Waals surface area (Å²) in [6, 6.07) is 15.0. The summed E-state index contributed by atoms with van der Waals surface area (Å²) >= 11 is 0. The van der Waals surface area contributed by atoms with Crippen molar-refractivity contribution in [3.05, 3.63) is 77.6 Å². The molecule has 0 aliphatic rings. The lowest BCUT2D eigenvalue weighted by Crippen LogP contribution is -2.22. The summed E-state index contributed by atoms with van der Waals surface area (Å²) in [6.45, 7) is 3.32. The number of fused-ring (bicyclic) bond motifs is 1. The number of carbonyl (C=O) groups excluding carboxylic acids is 1. The largest absolute Gasteiger partial charge is 0.381 e. The molecular weight excluding hydrogens is 274 g/mol. The Bertz CT molecular complexity index is 838. The van der Waals surface area contributed by atoms with Crippen LogP contribution in [-0.4, -0.2) is 15.9 Å². The van der Waals surface area contributed by atoms with Gasteiger partial charge in [-0.25, -0.2) is 0 Å². The van der Waals surface area contributed by atoms with Crippen LogP contribution in [0.25, 0.3) is 10.8 Å². The first kappa shape index (κ1) is 14.4. The number of rotatable bonds is 3. The fourth-order valence-electron chi connectivity index (χ4n) is 2.58. The van der Waals surface area contributed by atoms with Crippen LogP contribution >= 0.6 is 0 Å². The lowest BCUT2D eigenvalue weighted by Gasteiger charge is -2.24. The minimum Gasteiger partial charge on any atom is -0.381 e. The molecule has 0 bridgehead atoms. The number of aliphatic hydroxyl groups is 1. The molecular formula is C19H17NO2. The summed E-state index contributed by atoms with van der Waals surface area (Å²) in [5.41, 5.74) is 1.12. The highest BCUT2D eigenvalue weighted by Crippen LogP contribution is 2.31. The average Bonchev–Trinajstić information content (AvgIpc) is 2.54. The molecule has 1 unspecified atom stereocenters. The van der Waals surface area contributed by atoms with E-state index in [1.807, 2.05) is 48.5 Å². The second kappa shape index (κ2) is 5.35. The number of Topliss-reactive ketones (excluding diaryl/α,β-unsaturated/α-hetero) is 1. The van der Waals surface area contributed by atoms with E-state index in [0.717, 1.165) is 21.9 Å². The molecule has 2 aromatic carbocycles. The Balaban J connectivity index is 2.09. The lowest BCUT2D eigenvalue weighted by atomic mass is 9.88. The molecule has 0 aliphatic heterocycles. The van der Waals surface area contributed by atoms with Gasteiger partial charge in [-0.05, 0) is 48.4 Å². The first-order valence-electron chi connectivity index (χ1n) is 7.16. The zero-order valence-electron chi connectivity index (χ0n) is 12.6. The summed E-state index contributed by atoms with van der Waals surface area (Å²) in [4.78, 5) is 15.5. The molecule has 3 nitrogen and oxygen atoms in total. The molecule has 0 radical (unpaired) electrons. The topological polar surface area (TPSA) is 50.2 Å². The molecule has 1 N–H and O–H groups in total. The average molecular weight is 291 g/mol. The third-order valence-electron chi connectivity index (χ3n) is 4.03. The van der Waals surface area contributed by atoms with Gasteiger partial charge >= 0.3 is 0 Å². The van der Waals surface area contributed by atoms with E-state index < -0.39 is 5.60 Å². The van der Waals surface area contributed by atoms with Crippen LogP contribution in [0.5, 0.6) is 0 Å². The van der Waals surface area contributed by atoms with Crippen LogP contribution in [0.3, 0.4) is 0 Å². The summed E-state index contributed by atoms with van der Waals surface area (Å²) < 4.78 is 0. The van der Waals surface area contributed by atoms with E-state index in [-0.39, 0.29) is 5.78 Å². The van der Waals surface area contributed by atoms with Crippen molar-refractivity contribution in [3.63, 3.8) is 0 Å². The molecule has 3 rings (SSSR count). The smallest absolute Gasteiger partial charge is 0.159 e. The molecule has 0 spiro atoms. The van der Waals surface area contributed by atoms with Crippen molar-refractivity contribution in [1.29, 1.82) is 0 Å². The highest BCUT2D eigenvalue weighted by molar-refractivity contribution is 5.98. The first-order valence-corrected chi connectivity index (χ1v) is 7.16. The molecule has 0 saturated heterocycles. The summed E-state index contributed by atoms with van der Waals surface area (Å²) in [6.07, 6.45) is 3.35. The number of aromatic nitrogens is 1. The molecule has 0 amide bonds. The Hall–Kier alpha value is -2.52. The van der Waals surface area contributed by atoms with Crippen LogP contribution in [0.1, 0.15) is 35.3 Å². The maximum Gasteiger partial charge on any atom is 0.159 e. The predicted octanol–water partition coefficient (Wildman–Crippen LogP) is 3.69. The summed E-state index contributed by atoms with van der Waals surface area (Å²) in [7, 11) is 0. The van der Waals surface area contributed by atoms with E-state index in [0.29, 0.717) is 5.56 Å². The molecule has 0 fully saturated rings. The number of benzene rings is 2. The van der Waals surface area contributed by atoms with Crippen molar-refractivity contribution in [2.75, 3.05) is 0 Å². The van der Waals surface area contributed by atoms with Gasteiger partial charge in [0.15, 0.2) is 5.78 Å². The van der Waals surface area contributed by atoms with E-state index in [2.05, 4.69) is 4.98 Å². The van der Waals surface area contributed by atoms with Crippen LogP contribution in [-0.2, 0) is 5.60 Å².